The predicted octanol–water partition coefficient (Wildman–Crippen LogP) is 8.31. The third kappa shape index (κ3) is 12.5. The Morgan fingerprint density at radius 1 is 0.623 bits per heavy atom. The zero-order valence-corrected chi connectivity index (χ0v) is 32.4. The van der Waals surface area contributed by atoms with Crippen molar-refractivity contribution < 1.29 is 26.4 Å². The van der Waals surface area contributed by atoms with E-state index < -0.39 is 20.0 Å². The van der Waals surface area contributed by atoms with Crippen molar-refractivity contribution in [3.63, 3.8) is 0 Å². The van der Waals surface area contributed by atoms with E-state index in [-0.39, 0.29) is 20.9 Å². The van der Waals surface area contributed by atoms with Crippen LogP contribution < -0.4 is 20.5 Å². The molecule has 1 amide bonds. The molecule has 17 heteroatoms. The molecule has 5 N–H and O–H groups in total. The number of aromatic nitrogens is 2. The van der Waals surface area contributed by atoms with Crippen molar-refractivity contribution in [1.82, 2.24) is 9.97 Å². The minimum Gasteiger partial charge on any atom is -0.399 e. The van der Waals surface area contributed by atoms with Gasteiger partial charge in [0.05, 0.1) is 9.79 Å². The van der Waals surface area contributed by atoms with Gasteiger partial charge < -0.3 is 11.1 Å². The van der Waals surface area contributed by atoms with Gasteiger partial charge in [0, 0.05) is 47.4 Å². The van der Waals surface area contributed by atoms with E-state index in [1.54, 1.807) is 79.3 Å². The van der Waals surface area contributed by atoms with Crippen molar-refractivity contribution in [3.05, 3.63) is 120 Å². The van der Waals surface area contributed by atoms with Crippen molar-refractivity contribution >= 4 is 87.1 Å². The van der Waals surface area contributed by atoms with Crippen LogP contribution >= 0.6 is 34.3 Å². The zero-order chi connectivity index (χ0) is 38.4. The molecule has 0 bridgehead atoms. The lowest BCUT2D eigenvalue weighted by atomic mass is 10.1. The molecule has 0 unspecified atom stereocenters. The molecule has 2 heterocycles. The molecule has 2 aromatic heterocycles. The van der Waals surface area contributed by atoms with Gasteiger partial charge in [0.15, 0.2) is 10.3 Å². The fourth-order valence-electron chi connectivity index (χ4n) is 4.22. The van der Waals surface area contributed by atoms with Crippen LogP contribution in [0.4, 0.5) is 21.6 Å². The van der Waals surface area contributed by atoms with Crippen LogP contribution in [0.1, 0.15) is 26.7 Å². The Morgan fingerprint density at radius 2 is 0.981 bits per heavy atom. The van der Waals surface area contributed by atoms with E-state index >= 15 is 0 Å². The van der Waals surface area contributed by atoms with E-state index in [0.29, 0.717) is 28.8 Å². The number of amides is 1. The van der Waals surface area contributed by atoms with Gasteiger partial charge in [0.2, 0.25) is 11.1 Å². The van der Waals surface area contributed by atoms with E-state index in [4.69, 9.17) is 17.3 Å². The largest absolute Gasteiger partial charge is 0.399 e. The molecule has 53 heavy (non-hydrogen) atoms. The first kappa shape index (κ1) is 40.6. The van der Waals surface area contributed by atoms with Gasteiger partial charge >= 0.3 is 0 Å². The number of sulfonamides is 2. The Kier molecular flexibility index (Phi) is 14.6. The number of carbonyl (C=O) groups excluding carboxylic acids is 2. The minimum atomic E-state index is -3.65. The number of nitrogens with zero attached hydrogens (tertiary/aromatic N) is 2. The molecule has 6 aromatic rings. The van der Waals surface area contributed by atoms with Gasteiger partial charge in [-0.05, 0) is 82.4 Å². The molecule has 4 aromatic carbocycles. The number of anilines is 4. The number of thiazole rings is 2. The first-order chi connectivity index (χ1) is 25.3. The van der Waals surface area contributed by atoms with Crippen molar-refractivity contribution in [2.75, 3.05) is 20.5 Å². The van der Waals surface area contributed by atoms with Gasteiger partial charge in [-0.15, -0.1) is 22.7 Å². The average molecular weight is 811 g/mol. The number of nitrogens with two attached hydrogens (primary N) is 1. The van der Waals surface area contributed by atoms with Crippen molar-refractivity contribution in [3.8, 4) is 22.3 Å². The molecular weight excluding hydrogens is 776 g/mol. The summed E-state index contributed by atoms with van der Waals surface area (Å²) in [6.45, 7) is 3.51. The van der Waals surface area contributed by atoms with Crippen LogP contribution in [0.3, 0.4) is 0 Å². The molecule has 0 fully saturated rings. The SMILES string of the molecule is CCC(=O)Cl.CCC(=O)Nc1ccc(-c2ccc(S(=O)(=O)Nc3nccs3)cc2)cc1.Nc1ccc(-c2ccc(S(=O)(=O)Nc3nccs3)cc2)cc1. The van der Waals surface area contributed by atoms with Crippen LogP contribution in [0.2, 0.25) is 0 Å². The second-order valence-electron chi connectivity index (χ2n) is 10.7. The Hall–Kier alpha value is -5.13. The number of carbonyl (C=O) groups is 2. The Bertz CT molecular complexity index is 2290. The van der Waals surface area contributed by atoms with E-state index in [2.05, 4.69) is 24.7 Å². The number of hydrogen-bond acceptors (Lipinski definition) is 11. The third-order valence-corrected chi connectivity index (χ3v) is 11.6. The lowest BCUT2D eigenvalue weighted by Crippen LogP contribution is -2.12. The zero-order valence-electron chi connectivity index (χ0n) is 28.4. The lowest BCUT2D eigenvalue weighted by molar-refractivity contribution is -0.116. The summed E-state index contributed by atoms with van der Waals surface area (Å²) in [5.74, 6) is -0.0416. The van der Waals surface area contributed by atoms with Crippen LogP contribution in [-0.2, 0) is 29.6 Å². The first-order valence-electron chi connectivity index (χ1n) is 15.8. The van der Waals surface area contributed by atoms with Gasteiger partial charge in [-0.25, -0.2) is 26.8 Å². The van der Waals surface area contributed by atoms with E-state index in [0.717, 1.165) is 27.9 Å². The molecule has 0 aliphatic rings. The van der Waals surface area contributed by atoms with Crippen molar-refractivity contribution in [2.24, 2.45) is 0 Å². The quantitative estimate of drug-likeness (QED) is 0.0736. The summed E-state index contributed by atoms with van der Waals surface area (Å²) in [4.78, 5) is 29.2. The molecule has 0 saturated heterocycles. The summed E-state index contributed by atoms with van der Waals surface area (Å²) in [7, 11) is -7.27. The summed E-state index contributed by atoms with van der Waals surface area (Å²) >= 11 is 7.28. The highest BCUT2D eigenvalue weighted by Gasteiger charge is 2.16. The van der Waals surface area contributed by atoms with Crippen LogP contribution in [0.25, 0.3) is 22.3 Å². The van der Waals surface area contributed by atoms with E-state index in [1.807, 2.05) is 48.5 Å². The number of hydrogen-bond donors (Lipinski definition) is 4. The monoisotopic (exact) mass is 810 g/mol. The number of rotatable bonds is 11. The standard InChI is InChI=1S/C18H17N3O3S2.C15H13N3O2S2.C3H5ClO/c1-2-17(22)20-15-7-3-13(4-8-15)14-5-9-16(10-6-14)26(23,24)21-18-19-11-12-25-18;16-13-5-1-11(2-6-13)12-3-7-14(8-4-12)22(19,20)18-15-17-9-10-21-15;1-2-3(4)5/h3-12H,2H2,1H3,(H,19,21)(H,20,22);1-10H,16H2,(H,17,18);2H2,1H3. The Labute approximate surface area is 321 Å². The molecule has 0 aliphatic carbocycles. The molecule has 0 atom stereocenters. The Balaban J connectivity index is 0.000000212. The smallest absolute Gasteiger partial charge is 0.263 e. The topological polar surface area (TPSA) is 190 Å². The first-order valence-corrected chi connectivity index (χ1v) is 20.9. The van der Waals surface area contributed by atoms with Crippen LogP contribution in [0, 0.1) is 0 Å². The van der Waals surface area contributed by atoms with Crippen molar-refractivity contribution in [1.29, 1.82) is 0 Å². The summed E-state index contributed by atoms with van der Waals surface area (Å²) in [5.41, 5.74) is 10.8. The summed E-state index contributed by atoms with van der Waals surface area (Å²) in [6.07, 6.45) is 3.94. The molecule has 276 valence electrons. The van der Waals surface area contributed by atoms with Gasteiger partial charge in [-0.3, -0.25) is 19.0 Å². The molecular formula is C36H35ClN6O6S4. The van der Waals surface area contributed by atoms with Gasteiger partial charge in [-0.2, -0.15) is 0 Å². The number of nitrogen functional groups attached to an aromatic ring is 1. The second kappa shape index (κ2) is 19.1. The predicted molar refractivity (Wildman–Crippen MR) is 214 cm³/mol. The maximum atomic E-state index is 12.3. The molecule has 0 saturated carbocycles. The highest BCUT2D eigenvalue weighted by molar-refractivity contribution is 7.93. The molecule has 0 aliphatic heterocycles. The van der Waals surface area contributed by atoms with Crippen molar-refractivity contribution in [2.45, 2.75) is 36.5 Å². The van der Waals surface area contributed by atoms with Gasteiger partial charge in [0.25, 0.3) is 20.0 Å². The Morgan fingerprint density at radius 3 is 1.30 bits per heavy atom. The van der Waals surface area contributed by atoms with Crippen LogP contribution in [0.5, 0.6) is 0 Å². The average Bonchev–Trinajstić information content (AvgIpc) is 3.87. The summed E-state index contributed by atoms with van der Waals surface area (Å²) < 4.78 is 54.0. The van der Waals surface area contributed by atoms with Crippen LogP contribution in [0.15, 0.2) is 130 Å². The maximum absolute atomic E-state index is 12.3. The highest BCUT2D eigenvalue weighted by atomic mass is 35.5. The van der Waals surface area contributed by atoms with Gasteiger partial charge in [-0.1, -0.05) is 62.4 Å². The summed E-state index contributed by atoms with van der Waals surface area (Å²) in [5, 5.41) is 6.61. The molecule has 12 nitrogen and oxygen atoms in total. The lowest BCUT2D eigenvalue weighted by Gasteiger charge is -2.08. The minimum absolute atomic E-state index is 0.0416. The van der Waals surface area contributed by atoms with Crippen LogP contribution in [-0.4, -0.2) is 38.0 Å². The second-order valence-corrected chi connectivity index (χ2v) is 16.3. The molecule has 0 radical (unpaired) electrons. The molecule has 6 rings (SSSR count). The number of halogens is 1. The van der Waals surface area contributed by atoms with E-state index in [9.17, 15) is 26.4 Å². The fraction of sp³-hybridized carbons (Fsp3) is 0.111. The molecule has 0 spiro atoms. The van der Waals surface area contributed by atoms with E-state index in [1.165, 1.54) is 28.9 Å². The highest BCUT2D eigenvalue weighted by Crippen LogP contribution is 2.26. The normalized spacial score (nSPS) is 10.8. The summed E-state index contributed by atoms with van der Waals surface area (Å²) in [6, 6.07) is 28.1. The maximum Gasteiger partial charge on any atom is 0.263 e. The van der Waals surface area contributed by atoms with Gasteiger partial charge in [0.1, 0.15) is 0 Å². The number of benzene rings is 4. The third-order valence-electron chi connectivity index (χ3n) is 6.98. The number of nitrogens with one attached hydrogen (secondary N) is 3. The fourth-order valence-corrected chi connectivity index (χ4v) is 7.80.